The van der Waals surface area contributed by atoms with Gasteiger partial charge in [0.05, 0.1) is 11.1 Å². The molecule has 35 heavy (non-hydrogen) atoms. The predicted molar refractivity (Wildman–Crippen MR) is 137 cm³/mol. The van der Waals surface area contributed by atoms with Gasteiger partial charge >= 0.3 is 0 Å². The summed E-state index contributed by atoms with van der Waals surface area (Å²) in [6.07, 6.45) is 1.35. The molecule has 2 heterocycles. The molecule has 4 aromatic rings. The van der Waals surface area contributed by atoms with Gasteiger partial charge in [0.25, 0.3) is 5.56 Å². The van der Waals surface area contributed by atoms with Crippen LogP contribution in [-0.4, -0.2) is 20.6 Å². The number of benzene rings is 3. The molecule has 3 aromatic carbocycles. The zero-order valence-electron chi connectivity index (χ0n) is 18.1. The van der Waals surface area contributed by atoms with Crippen LogP contribution < -0.4 is 15.0 Å². The molecule has 1 unspecified atom stereocenters. The van der Waals surface area contributed by atoms with Gasteiger partial charge in [-0.05, 0) is 60.8 Å². The topological polar surface area (TPSA) is 100 Å². The molecule has 0 spiro atoms. The molecule has 0 radical (unpaired) electrons. The maximum absolute atomic E-state index is 12.7. The Morgan fingerprint density at radius 1 is 1.03 bits per heavy atom. The molecule has 0 aliphatic carbocycles. The zero-order valence-corrected chi connectivity index (χ0v) is 19.6. The number of hydrogen-bond acceptors (Lipinski definition) is 6. The van der Waals surface area contributed by atoms with Gasteiger partial charge in [-0.3, -0.25) is 19.8 Å². The lowest BCUT2D eigenvalue weighted by molar-refractivity contribution is 0.431. The molecule has 1 aliphatic heterocycles. The van der Waals surface area contributed by atoms with Gasteiger partial charge in [0, 0.05) is 11.1 Å². The number of ether oxygens (including phenoxy) is 2. The van der Waals surface area contributed by atoms with Crippen LogP contribution in [-0.2, 0) is 0 Å². The quantitative estimate of drug-likeness (QED) is 0.230. The average molecular weight is 504 g/mol. The Morgan fingerprint density at radius 3 is 2.43 bits per heavy atom. The van der Waals surface area contributed by atoms with E-state index in [4.69, 9.17) is 38.7 Å². The normalized spacial score (nSPS) is 16.0. The van der Waals surface area contributed by atoms with Crippen LogP contribution in [0, 0.1) is 10.2 Å². The van der Waals surface area contributed by atoms with E-state index in [0.29, 0.717) is 28.5 Å². The number of alkyl halides is 1. The summed E-state index contributed by atoms with van der Waals surface area (Å²) in [7, 11) is 0. The molecular formula is C26H18ClN3O4S. The van der Waals surface area contributed by atoms with Gasteiger partial charge in [0.1, 0.15) is 22.8 Å². The lowest BCUT2D eigenvalue weighted by atomic mass is 9.99. The van der Waals surface area contributed by atoms with Crippen LogP contribution in [0.25, 0.3) is 11.8 Å². The number of nitrogens with zero attached hydrogens (tertiary/aromatic N) is 1. The Morgan fingerprint density at radius 2 is 1.69 bits per heavy atom. The molecule has 1 atom stereocenters. The molecule has 5 rings (SSSR count). The van der Waals surface area contributed by atoms with Crippen molar-refractivity contribution in [2.24, 2.45) is 0 Å². The summed E-state index contributed by atoms with van der Waals surface area (Å²) in [5, 5.41) is 18.6. The first-order valence-electron chi connectivity index (χ1n) is 10.6. The van der Waals surface area contributed by atoms with Gasteiger partial charge in [0.15, 0.2) is 4.77 Å². The molecule has 0 bridgehead atoms. The van der Waals surface area contributed by atoms with E-state index in [1.807, 2.05) is 30.3 Å². The first-order chi connectivity index (χ1) is 16.9. The second-order valence-corrected chi connectivity index (χ2v) is 8.50. The molecule has 0 saturated carbocycles. The molecule has 0 amide bonds. The summed E-state index contributed by atoms with van der Waals surface area (Å²) in [5.74, 6) is 1.15. The molecular weight excluding hydrogens is 486 g/mol. The van der Waals surface area contributed by atoms with Crippen LogP contribution >= 0.6 is 23.8 Å². The van der Waals surface area contributed by atoms with E-state index in [1.54, 1.807) is 48.5 Å². The standard InChI is InChI=1S/C26H18ClN3O4S/c27-22-18-8-4-5-9-21(18)34-23(28)19(22)14-20-24(31)29-26(35)30(25(20)32)15-10-12-17(13-11-15)33-16-6-2-1-3-7-16/h1-14,22,28,32H,(H,29,31,35). The number of aromatic amines is 1. The van der Waals surface area contributed by atoms with Crippen molar-refractivity contribution in [2.75, 3.05) is 0 Å². The molecule has 9 heteroatoms. The summed E-state index contributed by atoms with van der Waals surface area (Å²) in [4.78, 5) is 15.3. The van der Waals surface area contributed by atoms with Crippen molar-refractivity contribution >= 4 is 35.8 Å². The summed E-state index contributed by atoms with van der Waals surface area (Å²) in [5.41, 5.74) is 0.689. The largest absolute Gasteiger partial charge is 0.494 e. The Hall–Kier alpha value is -4.14. The van der Waals surface area contributed by atoms with Crippen molar-refractivity contribution in [3.63, 3.8) is 0 Å². The van der Waals surface area contributed by atoms with E-state index in [2.05, 4.69) is 4.98 Å². The van der Waals surface area contributed by atoms with Gasteiger partial charge in [0.2, 0.25) is 11.8 Å². The second-order valence-electron chi connectivity index (χ2n) is 7.67. The first kappa shape index (κ1) is 22.6. The van der Waals surface area contributed by atoms with E-state index < -0.39 is 16.8 Å². The number of aromatic nitrogens is 2. The minimum atomic E-state index is -0.739. The summed E-state index contributed by atoms with van der Waals surface area (Å²) in [6.45, 7) is 0. The van der Waals surface area contributed by atoms with Crippen LogP contribution in [0.4, 0.5) is 0 Å². The molecule has 1 aromatic heterocycles. The van der Waals surface area contributed by atoms with Crippen LogP contribution in [0.5, 0.6) is 23.1 Å². The third-order valence-electron chi connectivity index (χ3n) is 5.43. The van der Waals surface area contributed by atoms with Crippen molar-refractivity contribution < 1.29 is 14.6 Å². The number of H-pyrrole nitrogens is 1. The molecule has 3 N–H and O–H groups in total. The van der Waals surface area contributed by atoms with Crippen molar-refractivity contribution in [3.8, 4) is 28.8 Å². The lowest BCUT2D eigenvalue weighted by Crippen LogP contribution is -2.22. The van der Waals surface area contributed by atoms with E-state index in [1.165, 1.54) is 10.6 Å². The second kappa shape index (κ2) is 9.25. The predicted octanol–water partition coefficient (Wildman–Crippen LogP) is 6.13. The summed E-state index contributed by atoms with van der Waals surface area (Å²) >= 11 is 11.9. The van der Waals surface area contributed by atoms with Gasteiger partial charge in [-0.2, -0.15) is 0 Å². The van der Waals surface area contributed by atoms with Gasteiger partial charge in [-0.15, -0.1) is 11.6 Å². The number of hydrogen-bond donors (Lipinski definition) is 3. The minimum absolute atomic E-state index is 0.00844. The number of para-hydroxylation sites is 2. The fourth-order valence-corrected chi connectivity index (χ4v) is 4.35. The summed E-state index contributed by atoms with van der Waals surface area (Å²) < 4.78 is 12.7. The molecule has 1 aliphatic rings. The molecule has 0 saturated heterocycles. The fraction of sp³-hybridized carbons (Fsp3) is 0.0385. The van der Waals surface area contributed by atoms with Crippen molar-refractivity contribution in [3.05, 3.63) is 111 Å². The van der Waals surface area contributed by atoms with Crippen LogP contribution in [0.1, 0.15) is 16.5 Å². The SMILES string of the molecule is N=C1Oc2ccccc2C(Cl)C1=Cc1c(O)n(-c2ccc(Oc3ccccc3)cc2)c(=S)[nH]c1=O. The number of rotatable bonds is 4. The molecule has 0 fully saturated rings. The van der Waals surface area contributed by atoms with E-state index in [0.717, 1.165) is 0 Å². The first-order valence-corrected chi connectivity index (χ1v) is 11.4. The van der Waals surface area contributed by atoms with Gasteiger partial charge < -0.3 is 14.6 Å². The fourth-order valence-electron chi connectivity index (χ4n) is 3.72. The van der Waals surface area contributed by atoms with Crippen molar-refractivity contribution in [1.82, 2.24) is 9.55 Å². The maximum Gasteiger partial charge on any atom is 0.262 e. The Balaban J connectivity index is 1.54. The van der Waals surface area contributed by atoms with Crippen molar-refractivity contribution in [1.29, 1.82) is 5.41 Å². The lowest BCUT2D eigenvalue weighted by Gasteiger charge is -2.24. The minimum Gasteiger partial charge on any atom is -0.494 e. The van der Waals surface area contributed by atoms with Crippen LogP contribution in [0.2, 0.25) is 0 Å². The molecule has 174 valence electrons. The van der Waals surface area contributed by atoms with E-state index in [9.17, 15) is 9.90 Å². The van der Waals surface area contributed by atoms with Gasteiger partial charge in [-0.25, -0.2) is 0 Å². The third-order valence-corrected chi connectivity index (χ3v) is 6.19. The monoisotopic (exact) mass is 503 g/mol. The highest BCUT2D eigenvalue weighted by Crippen LogP contribution is 2.41. The van der Waals surface area contributed by atoms with Gasteiger partial charge in [-0.1, -0.05) is 36.4 Å². The Kier molecular flexibility index (Phi) is 5.98. The maximum atomic E-state index is 12.7. The number of nitrogens with one attached hydrogen (secondary N) is 2. The van der Waals surface area contributed by atoms with Crippen molar-refractivity contribution in [2.45, 2.75) is 5.38 Å². The third kappa shape index (κ3) is 4.37. The highest BCUT2D eigenvalue weighted by Gasteiger charge is 2.29. The van der Waals surface area contributed by atoms with Crippen LogP contribution in [0.3, 0.4) is 0 Å². The van der Waals surface area contributed by atoms with E-state index in [-0.39, 0.29) is 21.8 Å². The van der Waals surface area contributed by atoms with E-state index >= 15 is 0 Å². The number of fused-ring (bicyclic) bond motifs is 1. The zero-order chi connectivity index (χ0) is 24.5. The number of aromatic hydroxyl groups is 1. The van der Waals surface area contributed by atoms with Crippen LogP contribution in [0.15, 0.2) is 89.2 Å². The molecule has 7 nitrogen and oxygen atoms in total. The summed E-state index contributed by atoms with van der Waals surface area (Å²) in [6, 6.07) is 23.3. The highest BCUT2D eigenvalue weighted by molar-refractivity contribution is 7.71. The smallest absolute Gasteiger partial charge is 0.262 e. The average Bonchev–Trinajstić information content (AvgIpc) is 2.85. The highest BCUT2D eigenvalue weighted by atomic mass is 35.5. The number of halogens is 1. The Labute approximate surface area is 210 Å². The Bertz CT molecular complexity index is 1580.